The molecule has 1 fully saturated rings. The molecule has 0 aliphatic carbocycles. The lowest BCUT2D eigenvalue weighted by Crippen LogP contribution is -2.43. The van der Waals surface area contributed by atoms with E-state index in [2.05, 4.69) is 15.4 Å². The summed E-state index contributed by atoms with van der Waals surface area (Å²) in [7, 11) is 0. The minimum atomic E-state index is -0.863. The fourth-order valence-corrected chi connectivity index (χ4v) is 3.82. The highest BCUT2D eigenvalue weighted by Gasteiger charge is 2.32. The number of fused-ring (bicyclic) bond motifs is 1. The quantitative estimate of drug-likeness (QED) is 0.677. The Hall–Kier alpha value is -3.29. The van der Waals surface area contributed by atoms with Crippen LogP contribution < -0.4 is 15.8 Å². The number of aryl methyl sites for hydroxylation is 1. The van der Waals surface area contributed by atoms with Crippen LogP contribution in [0.25, 0.3) is 5.65 Å². The van der Waals surface area contributed by atoms with Gasteiger partial charge in [0, 0.05) is 13.1 Å². The molecular weight excluding hydrogens is 385 g/mol. The van der Waals surface area contributed by atoms with E-state index in [1.165, 1.54) is 0 Å². The molecule has 156 valence electrons. The maximum atomic E-state index is 14.4. The van der Waals surface area contributed by atoms with Crippen LogP contribution in [0.5, 0.6) is 0 Å². The Labute approximate surface area is 173 Å². The summed E-state index contributed by atoms with van der Waals surface area (Å²) in [4.78, 5) is 31.3. The molecule has 1 atom stereocenters. The van der Waals surface area contributed by atoms with E-state index in [9.17, 15) is 14.0 Å². The first-order chi connectivity index (χ1) is 14.6. The largest absolute Gasteiger partial charge is 0.350 e. The van der Waals surface area contributed by atoms with E-state index in [1.807, 2.05) is 42.2 Å². The van der Waals surface area contributed by atoms with Crippen LogP contribution >= 0.6 is 0 Å². The summed E-state index contributed by atoms with van der Waals surface area (Å²) in [5, 5.41) is 7.29. The average molecular weight is 409 g/mol. The van der Waals surface area contributed by atoms with Crippen LogP contribution in [-0.4, -0.2) is 33.1 Å². The Balaban J connectivity index is 1.57. The van der Waals surface area contributed by atoms with Gasteiger partial charge < -0.3 is 10.2 Å². The van der Waals surface area contributed by atoms with Gasteiger partial charge in [0.05, 0.1) is 5.69 Å². The summed E-state index contributed by atoms with van der Waals surface area (Å²) < 4.78 is 15.4. The molecule has 4 rings (SSSR count). The molecular formula is C22H24FN5O2. The van der Waals surface area contributed by atoms with Gasteiger partial charge in [-0.3, -0.25) is 9.59 Å². The van der Waals surface area contributed by atoms with Gasteiger partial charge in [-0.25, -0.2) is 4.98 Å². The van der Waals surface area contributed by atoms with Crippen molar-refractivity contribution in [3.63, 3.8) is 0 Å². The summed E-state index contributed by atoms with van der Waals surface area (Å²) in [5.41, 5.74) is 0.680. The van der Waals surface area contributed by atoms with E-state index >= 15 is 0 Å². The average Bonchev–Trinajstić information content (AvgIpc) is 3.26. The smallest absolute Gasteiger partial charge is 0.310 e. The van der Waals surface area contributed by atoms with Crippen LogP contribution in [0.3, 0.4) is 0 Å². The van der Waals surface area contributed by atoms with E-state index in [-0.39, 0.29) is 17.6 Å². The molecule has 3 heterocycles. The van der Waals surface area contributed by atoms with Gasteiger partial charge in [0.25, 0.3) is 0 Å². The van der Waals surface area contributed by atoms with Crippen molar-refractivity contribution in [1.29, 1.82) is 0 Å². The van der Waals surface area contributed by atoms with Crippen molar-refractivity contribution in [2.75, 3.05) is 11.4 Å². The number of hydrogen-bond acceptors (Lipinski definition) is 5. The number of halogens is 1. The van der Waals surface area contributed by atoms with Crippen molar-refractivity contribution >= 4 is 17.4 Å². The van der Waals surface area contributed by atoms with Crippen molar-refractivity contribution in [3.8, 4) is 0 Å². The van der Waals surface area contributed by atoms with Gasteiger partial charge in [0.1, 0.15) is 11.9 Å². The van der Waals surface area contributed by atoms with Crippen LogP contribution in [0.4, 0.5) is 10.2 Å². The van der Waals surface area contributed by atoms with Crippen molar-refractivity contribution in [2.24, 2.45) is 0 Å². The lowest BCUT2D eigenvalue weighted by Gasteiger charge is -2.25. The van der Waals surface area contributed by atoms with Gasteiger partial charge in [-0.05, 0) is 37.0 Å². The zero-order chi connectivity index (χ0) is 21.1. The third-order valence-corrected chi connectivity index (χ3v) is 5.33. The Morgan fingerprint density at radius 1 is 1.23 bits per heavy atom. The van der Waals surface area contributed by atoms with Gasteiger partial charge in [0.15, 0.2) is 5.65 Å². The van der Waals surface area contributed by atoms with E-state index in [0.717, 1.165) is 16.5 Å². The molecule has 8 heteroatoms. The van der Waals surface area contributed by atoms with E-state index < -0.39 is 11.4 Å². The number of nitrogens with one attached hydrogen (secondary N) is 1. The topological polar surface area (TPSA) is 79.6 Å². The fourth-order valence-electron chi connectivity index (χ4n) is 3.82. The second kappa shape index (κ2) is 8.61. The monoisotopic (exact) mass is 409 g/mol. The lowest BCUT2D eigenvalue weighted by molar-refractivity contribution is -0.122. The summed E-state index contributed by atoms with van der Waals surface area (Å²) in [6.45, 7) is 2.99. The molecule has 2 aromatic heterocycles. The predicted octanol–water partition coefficient (Wildman–Crippen LogP) is 2.47. The number of anilines is 1. The molecule has 0 radical (unpaired) electrons. The second-order valence-corrected chi connectivity index (χ2v) is 7.44. The number of rotatable bonds is 6. The molecule has 0 spiro atoms. The minimum absolute atomic E-state index is 0.0896. The maximum Gasteiger partial charge on any atom is 0.310 e. The number of benzene rings is 1. The van der Waals surface area contributed by atoms with Crippen molar-refractivity contribution in [1.82, 2.24) is 19.9 Å². The first-order valence-corrected chi connectivity index (χ1v) is 10.2. The zero-order valence-corrected chi connectivity index (χ0v) is 16.8. The number of hydrogen-bond donors (Lipinski definition) is 1. The Morgan fingerprint density at radius 3 is 2.80 bits per heavy atom. The number of carbonyl (C=O) groups is 1. The van der Waals surface area contributed by atoms with Gasteiger partial charge >= 0.3 is 5.56 Å². The molecule has 30 heavy (non-hydrogen) atoms. The molecule has 1 amide bonds. The standard InChI is InChI=1S/C22H24FN5O2/c1-2-7-16-20(23)22(30)28-18(25-16)11-12-19(26-28)27-13-6-10-17(27)21(29)24-14-15-8-4-3-5-9-15/h3-5,8-9,11-12,17H,2,6-7,10,13-14H2,1H3,(H,24,29). The Kier molecular flexibility index (Phi) is 5.74. The summed E-state index contributed by atoms with van der Waals surface area (Å²) in [5.74, 6) is -0.489. The molecule has 1 saturated heterocycles. The number of nitrogens with zero attached hydrogens (tertiary/aromatic N) is 4. The van der Waals surface area contributed by atoms with Crippen LogP contribution in [0.15, 0.2) is 47.3 Å². The van der Waals surface area contributed by atoms with Crippen LogP contribution in [0.1, 0.15) is 37.4 Å². The second-order valence-electron chi connectivity index (χ2n) is 7.44. The van der Waals surface area contributed by atoms with Gasteiger partial charge in [0.2, 0.25) is 11.7 Å². The molecule has 0 bridgehead atoms. The predicted molar refractivity (Wildman–Crippen MR) is 112 cm³/mol. The van der Waals surface area contributed by atoms with Crippen LogP contribution in [-0.2, 0) is 17.8 Å². The van der Waals surface area contributed by atoms with Gasteiger partial charge in [-0.2, -0.15) is 8.91 Å². The van der Waals surface area contributed by atoms with Crippen LogP contribution in [0.2, 0.25) is 0 Å². The van der Waals surface area contributed by atoms with E-state index in [0.29, 0.717) is 43.8 Å². The van der Waals surface area contributed by atoms with Crippen molar-refractivity contribution in [2.45, 2.75) is 45.2 Å². The molecule has 1 aliphatic rings. The first-order valence-electron chi connectivity index (χ1n) is 10.2. The Morgan fingerprint density at radius 2 is 2.03 bits per heavy atom. The first kappa shape index (κ1) is 20.0. The van der Waals surface area contributed by atoms with Gasteiger partial charge in [-0.1, -0.05) is 43.7 Å². The van der Waals surface area contributed by atoms with Crippen molar-refractivity contribution in [3.05, 3.63) is 69.9 Å². The SMILES string of the molecule is CCCc1nc2ccc(N3CCCC3C(=O)NCc3ccccc3)nn2c(=O)c1F. The summed E-state index contributed by atoms with van der Waals surface area (Å²) in [6.07, 6.45) is 2.62. The third-order valence-electron chi connectivity index (χ3n) is 5.33. The normalized spacial score (nSPS) is 16.2. The number of carbonyl (C=O) groups excluding carboxylic acids is 1. The highest BCUT2D eigenvalue weighted by atomic mass is 19.1. The van der Waals surface area contributed by atoms with E-state index in [1.54, 1.807) is 12.1 Å². The molecule has 3 aromatic rings. The van der Waals surface area contributed by atoms with Crippen molar-refractivity contribution < 1.29 is 9.18 Å². The van der Waals surface area contributed by atoms with Crippen LogP contribution in [0, 0.1) is 5.82 Å². The summed E-state index contributed by atoms with van der Waals surface area (Å²) >= 11 is 0. The van der Waals surface area contributed by atoms with Gasteiger partial charge in [-0.15, -0.1) is 5.10 Å². The lowest BCUT2D eigenvalue weighted by atomic mass is 10.2. The van der Waals surface area contributed by atoms with E-state index in [4.69, 9.17) is 0 Å². The third kappa shape index (κ3) is 3.90. The molecule has 1 N–H and O–H groups in total. The molecule has 7 nitrogen and oxygen atoms in total. The molecule has 1 unspecified atom stereocenters. The zero-order valence-electron chi connectivity index (χ0n) is 16.8. The summed E-state index contributed by atoms with van der Waals surface area (Å²) in [6, 6.07) is 12.7. The molecule has 0 saturated carbocycles. The molecule has 1 aliphatic heterocycles. The fraction of sp³-hybridized carbons (Fsp3) is 0.364. The maximum absolute atomic E-state index is 14.4. The Bertz CT molecular complexity index is 1120. The highest BCUT2D eigenvalue weighted by Crippen LogP contribution is 2.24. The highest BCUT2D eigenvalue weighted by molar-refractivity contribution is 5.85. The number of amides is 1. The number of aromatic nitrogens is 3. The minimum Gasteiger partial charge on any atom is -0.350 e. The molecule has 1 aromatic carbocycles.